The van der Waals surface area contributed by atoms with Gasteiger partial charge in [0.25, 0.3) is 0 Å². The Hall–Kier alpha value is 1.02. The van der Waals surface area contributed by atoms with E-state index in [0.717, 1.165) is 25.9 Å². The van der Waals surface area contributed by atoms with Gasteiger partial charge in [0.15, 0.2) is 0 Å². The van der Waals surface area contributed by atoms with Crippen molar-refractivity contribution in [2.24, 2.45) is 0 Å². The first-order chi connectivity index (χ1) is 5.67. The molecule has 0 N–H and O–H groups in total. The van der Waals surface area contributed by atoms with E-state index in [9.17, 15) is 9.46 Å². The maximum absolute atomic E-state index is 10.8. The van der Waals surface area contributed by atoms with E-state index in [1.165, 1.54) is 0 Å². The molecule has 0 saturated heterocycles. The predicted molar refractivity (Wildman–Crippen MR) is 49.2 cm³/mol. The van der Waals surface area contributed by atoms with Crippen LogP contribution in [0.1, 0.15) is 33.6 Å². The number of hydrogen-bond acceptors (Lipinski definition) is 3. The zero-order valence-corrected chi connectivity index (χ0v) is 12.0. The van der Waals surface area contributed by atoms with E-state index in [-0.39, 0.29) is 35.3 Å². The Morgan fingerprint density at radius 2 is 1.77 bits per heavy atom. The second-order valence-corrected chi connectivity index (χ2v) is 3.94. The number of rotatable bonds is 6. The molecule has 0 radical (unpaired) electrons. The Morgan fingerprint density at radius 1 is 1.31 bits per heavy atom. The summed E-state index contributed by atoms with van der Waals surface area (Å²) in [7, 11) is -2.29. The van der Waals surface area contributed by atoms with Gasteiger partial charge < -0.3 is 4.89 Å². The van der Waals surface area contributed by atoms with Gasteiger partial charge in [0, 0.05) is 6.42 Å². The molecule has 72 valence electrons. The van der Waals surface area contributed by atoms with Crippen molar-refractivity contribution in [3.05, 3.63) is 0 Å². The van der Waals surface area contributed by atoms with Crippen molar-refractivity contribution in [1.29, 1.82) is 0 Å². The van der Waals surface area contributed by atoms with Gasteiger partial charge in [-0.15, -0.1) is 0 Å². The van der Waals surface area contributed by atoms with Crippen molar-refractivity contribution in [2.45, 2.75) is 39.4 Å². The van der Waals surface area contributed by atoms with Crippen LogP contribution >= 0.6 is 8.03 Å². The second kappa shape index (κ2) is 9.57. The minimum absolute atomic E-state index is 0. The summed E-state index contributed by atoms with van der Waals surface area (Å²) in [4.78, 5) is 12.8. The summed E-state index contributed by atoms with van der Waals surface area (Å²) in [6, 6.07) is 0. The van der Waals surface area contributed by atoms with Gasteiger partial charge in [-0.25, -0.2) is 0 Å². The van der Waals surface area contributed by atoms with Crippen molar-refractivity contribution >= 4 is 8.03 Å². The molecule has 5 heteroatoms. The Bertz CT molecular complexity index is 142. The van der Waals surface area contributed by atoms with E-state index >= 15 is 0 Å². The van der Waals surface area contributed by atoms with Crippen LogP contribution in [0.15, 0.2) is 0 Å². The van der Waals surface area contributed by atoms with E-state index in [1.54, 1.807) is 0 Å². The van der Waals surface area contributed by atoms with E-state index in [2.05, 4.69) is 0 Å². The Balaban J connectivity index is 0. The number of hydrogen-bond donors (Lipinski definition) is 0. The molecule has 0 amide bonds. The Kier molecular flexibility index (Phi) is 12.1. The summed E-state index contributed by atoms with van der Waals surface area (Å²) in [6.07, 6.45) is 1.67. The van der Waals surface area contributed by atoms with Gasteiger partial charge in [0.05, 0.1) is 0 Å². The topological polar surface area (TPSA) is 43.4 Å². The standard InChI is InChI=1S/C8H18NO2P.Na/c1-4-7-8(12(10)11)9(5-2)6-3;/h8H,4-7H2,1-3H3;/q;+1. The van der Waals surface area contributed by atoms with Crippen molar-refractivity contribution in [3.63, 3.8) is 0 Å². The first kappa shape index (κ1) is 16.4. The van der Waals surface area contributed by atoms with E-state index in [1.807, 2.05) is 25.7 Å². The summed E-state index contributed by atoms with van der Waals surface area (Å²) in [6.45, 7) is 7.61. The third-order valence-electron chi connectivity index (χ3n) is 2.02. The third kappa shape index (κ3) is 6.16. The molecular formula is C8H18NNaO2P+. The molecule has 0 spiro atoms. The van der Waals surface area contributed by atoms with Gasteiger partial charge in [-0.05, 0) is 13.1 Å². The molecule has 2 atom stereocenters. The molecule has 2 unspecified atom stereocenters. The van der Waals surface area contributed by atoms with Crippen LogP contribution in [0.5, 0.6) is 0 Å². The smallest absolute Gasteiger partial charge is 0.594 e. The maximum Gasteiger partial charge on any atom is 1.00 e. The molecule has 0 aromatic carbocycles. The molecule has 0 fully saturated rings. The Morgan fingerprint density at radius 3 is 2.00 bits per heavy atom. The molecule has 0 saturated carbocycles. The van der Waals surface area contributed by atoms with Gasteiger partial charge in [-0.1, -0.05) is 31.8 Å². The molecule has 3 nitrogen and oxygen atoms in total. The van der Waals surface area contributed by atoms with E-state index < -0.39 is 8.03 Å². The van der Waals surface area contributed by atoms with Crippen LogP contribution in [0, 0.1) is 0 Å². The molecule has 0 aliphatic heterocycles. The van der Waals surface area contributed by atoms with Gasteiger partial charge in [-0.2, -0.15) is 0 Å². The monoisotopic (exact) mass is 214 g/mol. The molecule has 13 heavy (non-hydrogen) atoms. The molecule has 0 aliphatic rings. The Labute approximate surface area is 104 Å². The zero-order chi connectivity index (χ0) is 9.56. The van der Waals surface area contributed by atoms with Crippen LogP contribution < -0.4 is 34.5 Å². The average Bonchev–Trinajstić information content (AvgIpc) is 2.05. The molecule has 0 aromatic rings. The van der Waals surface area contributed by atoms with Gasteiger partial charge in [-0.3, -0.25) is 4.90 Å². The fourth-order valence-corrected chi connectivity index (χ4v) is 2.39. The van der Waals surface area contributed by atoms with Crippen LogP contribution in [-0.2, 0) is 4.57 Å². The number of nitrogens with zero attached hydrogens (tertiary/aromatic N) is 1. The molecule has 0 bridgehead atoms. The first-order valence-corrected chi connectivity index (χ1v) is 5.79. The fraction of sp³-hybridized carbons (Fsp3) is 1.00. The van der Waals surface area contributed by atoms with Crippen LogP contribution in [-0.4, -0.2) is 23.8 Å². The first-order valence-electron chi connectivity index (χ1n) is 4.54. The van der Waals surface area contributed by atoms with Crippen molar-refractivity contribution in [2.75, 3.05) is 13.1 Å². The SMILES string of the molecule is CCCC(N(CC)CC)[P+](=O)[O-].[Na+]. The molecule has 0 aliphatic carbocycles. The molecule has 0 aromatic heterocycles. The van der Waals surface area contributed by atoms with Crippen LogP contribution in [0.3, 0.4) is 0 Å². The average molecular weight is 214 g/mol. The molecule has 0 heterocycles. The minimum atomic E-state index is -2.29. The van der Waals surface area contributed by atoms with Crippen molar-refractivity contribution in [3.8, 4) is 0 Å². The minimum Gasteiger partial charge on any atom is -0.594 e. The summed E-state index contributed by atoms with van der Waals surface area (Å²) in [5, 5.41) is 0. The van der Waals surface area contributed by atoms with E-state index in [4.69, 9.17) is 0 Å². The fourth-order valence-electron chi connectivity index (χ4n) is 1.32. The van der Waals surface area contributed by atoms with Crippen LogP contribution in [0.2, 0.25) is 0 Å². The second-order valence-electron chi connectivity index (χ2n) is 2.78. The summed E-state index contributed by atoms with van der Waals surface area (Å²) >= 11 is 0. The maximum atomic E-state index is 10.8. The normalized spacial score (nSPS) is 13.8. The predicted octanol–water partition coefficient (Wildman–Crippen LogP) is -1.44. The summed E-state index contributed by atoms with van der Waals surface area (Å²) < 4.78 is 10.8. The van der Waals surface area contributed by atoms with Crippen molar-refractivity contribution in [1.82, 2.24) is 4.90 Å². The van der Waals surface area contributed by atoms with E-state index in [0.29, 0.717) is 0 Å². The van der Waals surface area contributed by atoms with Gasteiger partial charge >= 0.3 is 37.6 Å². The van der Waals surface area contributed by atoms with Gasteiger partial charge in [0.2, 0.25) is 5.78 Å². The molecule has 0 rings (SSSR count). The zero-order valence-electron chi connectivity index (χ0n) is 9.12. The van der Waals surface area contributed by atoms with Crippen LogP contribution in [0.4, 0.5) is 0 Å². The van der Waals surface area contributed by atoms with Crippen LogP contribution in [0.25, 0.3) is 0 Å². The quantitative estimate of drug-likeness (QED) is 0.402. The largest absolute Gasteiger partial charge is 1.00 e. The summed E-state index contributed by atoms with van der Waals surface area (Å²) in [5.74, 6) is -0.250. The van der Waals surface area contributed by atoms with Crippen molar-refractivity contribution < 1.29 is 39.0 Å². The molecular weight excluding hydrogens is 196 g/mol. The van der Waals surface area contributed by atoms with Gasteiger partial charge in [0.1, 0.15) is 0 Å². The summed E-state index contributed by atoms with van der Waals surface area (Å²) in [5.41, 5.74) is 0. The third-order valence-corrected chi connectivity index (χ3v) is 3.10.